The third-order valence-corrected chi connectivity index (χ3v) is 5.71. The van der Waals surface area contributed by atoms with Gasteiger partial charge in [-0.15, -0.1) is 0 Å². The number of hydrogen-bond acceptors (Lipinski definition) is 4. The van der Waals surface area contributed by atoms with Crippen LogP contribution in [0.15, 0.2) is 28.7 Å². The summed E-state index contributed by atoms with van der Waals surface area (Å²) in [5.41, 5.74) is 1.71. The third-order valence-electron chi connectivity index (χ3n) is 5.71. The highest BCUT2D eigenvalue weighted by molar-refractivity contribution is 5.79. The quantitative estimate of drug-likeness (QED) is 0.868. The molecule has 4 rings (SSSR count). The van der Waals surface area contributed by atoms with E-state index in [-0.39, 0.29) is 23.8 Å². The minimum Gasteiger partial charge on any atom is -0.440 e. The first-order valence-electron chi connectivity index (χ1n) is 8.85. The van der Waals surface area contributed by atoms with Crippen LogP contribution in [0.1, 0.15) is 38.0 Å². The van der Waals surface area contributed by atoms with E-state index in [4.69, 9.17) is 9.15 Å². The second kappa shape index (κ2) is 6.20. The number of hydrogen-bond donors (Lipinski definition) is 0. The molecule has 0 radical (unpaired) electrons. The number of carbonyl (C=O) groups is 1. The normalized spacial score (nSPS) is 27.2. The van der Waals surface area contributed by atoms with Crippen LogP contribution < -0.4 is 0 Å². The number of likely N-dealkylation sites (tertiary alicyclic amines) is 1. The number of methoxy groups -OCH3 is 1. The predicted octanol–water partition coefficient (Wildman–Crippen LogP) is 3.18. The molecule has 1 saturated carbocycles. The lowest BCUT2D eigenvalue weighted by Crippen LogP contribution is -2.50. The molecule has 128 valence electrons. The van der Waals surface area contributed by atoms with Crippen LogP contribution in [0.4, 0.5) is 0 Å². The Bertz CT molecular complexity index is 708. The second-order valence-corrected chi connectivity index (χ2v) is 7.15. The standard InChI is InChI=1S/C19H24N2O3/c1-23-16-8-4-9-19(16)10-5-11-21(13-19)18(22)12-17-20-14-6-2-3-7-15(14)24-17/h2-3,6-7,16H,4-5,8-13H2,1H3/t16-,19+/m1/s1. The predicted molar refractivity (Wildman–Crippen MR) is 90.6 cm³/mol. The van der Waals surface area contributed by atoms with Crippen molar-refractivity contribution in [2.45, 2.75) is 44.6 Å². The van der Waals surface area contributed by atoms with Gasteiger partial charge in [-0.25, -0.2) is 4.98 Å². The number of oxazole rings is 1. The van der Waals surface area contributed by atoms with Crippen LogP contribution in [0.5, 0.6) is 0 Å². The lowest BCUT2D eigenvalue weighted by atomic mass is 9.76. The fourth-order valence-corrected chi connectivity index (χ4v) is 4.55. The molecule has 2 atom stereocenters. The molecule has 5 nitrogen and oxygen atoms in total. The van der Waals surface area contributed by atoms with Crippen LogP contribution in [0, 0.1) is 5.41 Å². The Morgan fingerprint density at radius 1 is 1.38 bits per heavy atom. The first-order valence-corrected chi connectivity index (χ1v) is 8.85. The van der Waals surface area contributed by atoms with Crippen molar-refractivity contribution >= 4 is 17.0 Å². The highest BCUT2D eigenvalue weighted by Gasteiger charge is 2.46. The molecule has 1 aromatic carbocycles. The van der Waals surface area contributed by atoms with Crippen molar-refractivity contribution in [3.8, 4) is 0 Å². The Morgan fingerprint density at radius 3 is 3.04 bits per heavy atom. The van der Waals surface area contributed by atoms with Crippen LogP contribution in [0.3, 0.4) is 0 Å². The number of aromatic nitrogens is 1. The number of ether oxygens (including phenoxy) is 1. The van der Waals surface area contributed by atoms with Crippen LogP contribution in [-0.4, -0.2) is 42.1 Å². The maximum absolute atomic E-state index is 12.8. The zero-order valence-electron chi connectivity index (χ0n) is 14.2. The summed E-state index contributed by atoms with van der Waals surface area (Å²) in [5.74, 6) is 0.623. The topological polar surface area (TPSA) is 55.6 Å². The monoisotopic (exact) mass is 328 g/mol. The zero-order valence-corrected chi connectivity index (χ0v) is 14.2. The highest BCUT2D eigenvalue weighted by atomic mass is 16.5. The smallest absolute Gasteiger partial charge is 0.231 e. The van der Waals surface area contributed by atoms with Gasteiger partial charge in [0.2, 0.25) is 11.8 Å². The summed E-state index contributed by atoms with van der Waals surface area (Å²) in [5, 5.41) is 0. The maximum Gasteiger partial charge on any atom is 0.231 e. The Morgan fingerprint density at radius 2 is 2.21 bits per heavy atom. The van der Waals surface area contributed by atoms with E-state index in [1.54, 1.807) is 7.11 Å². The van der Waals surface area contributed by atoms with Gasteiger partial charge in [-0.1, -0.05) is 18.6 Å². The second-order valence-electron chi connectivity index (χ2n) is 7.15. The fourth-order valence-electron chi connectivity index (χ4n) is 4.55. The average molecular weight is 328 g/mol. The number of rotatable bonds is 3. The Balaban J connectivity index is 1.47. The Hall–Kier alpha value is -1.88. The van der Waals surface area contributed by atoms with E-state index in [2.05, 4.69) is 4.98 Å². The van der Waals surface area contributed by atoms with Gasteiger partial charge in [0.05, 0.1) is 6.10 Å². The number of piperidine rings is 1. The molecule has 0 N–H and O–H groups in total. The van der Waals surface area contributed by atoms with Gasteiger partial charge in [0, 0.05) is 25.6 Å². The highest BCUT2D eigenvalue weighted by Crippen LogP contribution is 2.46. The summed E-state index contributed by atoms with van der Waals surface area (Å²) in [6.07, 6.45) is 6.23. The first-order chi connectivity index (χ1) is 11.7. The molecule has 1 aromatic heterocycles. The van der Waals surface area contributed by atoms with Crippen molar-refractivity contribution in [2.75, 3.05) is 20.2 Å². The molecule has 1 amide bonds. The number of amides is 1. The lowest BCUT2D eigenvalue weighted by molar-refractivity contribution is -0.136. The largest absolute Gasteiger partial charge is 0.440 e. The number of fused-ring (bicyclic) bond motifs is 1. The summed E-state index contributed by atoms with van der Waals surface area (Å²) >= 11 is 0. The molecule has 0 unspecified atom stereocenters. The SMILES string of the molecule is CO[C@@H]1CCC[C@@]12CCCN(C(=O)Cc1nc3ccccc3o1)C2. The van der Waals surface area contributed by atoms with Crippen LogP contribution in [0.2, 0.25) is 0 Å². The van der Waals surface area contributed by atoms with Crippen molar-refractivity contribution in [1.29, 1.82) is 0 Å². The number of nitrogens with zero attached hydrogens (tertiary/aromatic N) is 2. The van der Waals surface area contributed by atoms with Gasteiger partial charge in [-0.05, 0) is 37.8 Å². The van der Waals surface area contributed by atoms with Crippen LogP contribution >= 0.6 is 0 Å². The summed E-state index contributed by atoms with van der Waals surface area (Å²) in [7, 11) is 1.80. The molecule has 2 heterocycles. The van der Waals surface area contributed by atoms with Crippen LogP contribution in [0.25, 0.3) is 11.1 Å². The van der Waals surface area contributed by atoms with Crippen LogP contribution in [-0.2, 0) is 16.0 Å². The summed E-state index contributed by atoms with van der Waals surface area (Å²) in [4.78, 5) is 19.2. The van der Waals surface area contributed by atoms with Crippen molar-refractivity contribution in [3.05, 3.63) is 30.2 Å². The van der Waals surface area contributed by atoms with E-state index < -0.39 is 0 Å². The summed E-state index contributed by atoms with van der Waals surface area (Å²) in [6.45, 7) is 1.64. The minimum absolute atomic E-state index is 0.113. The van der Waals surface area contributed by atoms with E-state index in [0.717, 1.165) is 49.9 Å². The molecule has 5 heteroatoms. The first kappa shape index (κ1) is 15.6. The summed E-state index contributed by atoms with van der Waals surface area (Å²) < 4.78 is 11.4. The number of benzene rings is 1. The number of carbonyl (C=O) groups excluding carboxylic acids is 1. The van der Waals surface area contributed by atoms with E-state index in [0.29, 0.717) is 5.89 Å². The van der Waals surface area contributed by atoms with Gasteiger partial charge in [0.15, 0.2) is 5.58 Å². The zero-order chi connectivity index (χ0) is 16.6. The van der Waals surface area contributed by atoms with E-state index in [9.17, 15) is 4.79 Å². The summed E-state index contributed by atoms with van der Waals surface area (Å²) in [6, 6.07) is 7.63. The fraction of sp³-hybridized carbons (Fsp3) is 0.579. The van der Waals surface area contributed by atoms with E-state index >= 15 is 0 Å². The molecule has 0 bridgehead atoms. The van der Waals surface area contributed by atoms with E-state index in [1.807, 2.05) is 29.2 Å². The molecule has 2 aromatic rings. The van der Waals surface area contributed by atoms with Crippen molar-refractivity contribution in [3.63, 3.8) is 0 Å². The molecule has 24 heavy (non-hydrogen) atoms. The lowest BCUT2D eigenvalue weighted by Gasteiger charge is -2.43. The molecule has 1 spiro atoms. The van der Waals surface area contributed by atoms with Gasteiger partial charge in [0.1, 0.15) is 11.9 Å². The minimum atomic E-state index is 0.113. The van der Waals surface area contributed by atoms with E-state index in [1.165, 1.54) is 6.42 Å². The van der Waals surface area contributed by atoms with Gasteiger partial charge in [-0.2, -0.15) is 0 Å². The molecule has 1 aliphatic heterocycles. The maximum atomic E-state index is 12.8. The average Bonchev–Trinajstić information content (AvgIpc) is 3.18. The molecule has 2 fully saturated rings. The van der Waals surface area contributed by atoms with Gasteiger partial charge in [0.25, 0.3) is 0 Å². The molecule has 1 aliphatic carbocycles. The van der Waals surface area contributed by atoms with Gasteiger partial charge >= 0.3 is 0 Å². The van der Waals surface area contributed by atoms with Crippen molar-refractivity contribution in [1.82, 2.24) is 9.88 Å². The van der Waals surface area contributed by atoms with Crippen molar-refractivity contribution in [2.24, 2.45) is 5.41 Å². The molecule has 1 saturated heterocycles. The number of para-hydroxylation sites is 2. The Kier molecular flexibility index (Phi) is 4.04. The van der Waals surface area contributed by atoms with Gasteiger partial charge < -0.3 is 14.1 Å². The van der Waals surface area contributed by atoms with Gasteiger partial charge in [-0.3, -0.25) is 4.79 Å². The molecular formula is C19H24N2O3. The third kappa shape index (κ3) is 2.71. The van der Waals surface area contributed by atoms with Crippen molar-refractivity contribution < 1.29 is 13.9 Å². The Labute approximate surface area is 142 Å². The molecule has 2 aliphatic rings. The molecular weight excluding hydrogens is 304 g/mol.